The number of aromatic amines is 1. The number of benzene rings is 1. The number of halogens is 1. The molecular weight excluding hydrogens is 248 g/mol. The van der Waals surface area contributed by atoms with Gasteiger partial charge >= 0.3 is 5.97 Å². The molecule has 0 unspecified atom stereocenters. The number of hydrogen-bond donors (Lipinski definition) is 3. The molecule has 4 nitrogen and oxygen atoms in total. The summed E-state index contributed by atoms with van der Waals surface area (Å²) in [4.78, 5) is 13.5. The largest absolute Gasteiger partial charge is 0.477 e. The van der Waals surface area contributed by atoms with E-state index in [-0.39, 0.29) is 11.4 Å². The molecular formula is C9H7BrN2O2. The summed E-state index contributed by atoms with van der Waals surface area (Å²) in [7, 11) is 0. The first-order valence-corrected chi connectivity index (χ1v) is 4.69. The Morgan fingerprint density at radius 2 is 2.21 bits per heavy atom. The topological polar surface area (TPSA) is 79.1 Å². The summed E-state index contributed by atoms with van der Waals surface area (Å²) in [5.41, 5.74) is 6.70. The van der Waals surface area contributed by atoms with Gasteiger partial charge < -0.3 is 15.8 Å². The minimum atomic E-state index is -1.05. The van der Waals surface area contributed by atoms with Crippen LogP contribution in [-0.2, 0) is 0 Å². The zero-order chi connectivity index (χ0) is 10.3. The van der Waals surface area contributed by atoms with Gasteiger partial charge in [-0.1, -0.05) is 15.9 Å². The number of H-pyrrole nitrogens is 1. The van der Waals surface area contributed by atoms with Crippen LogP contribution in [0.25, 0.3) is 10.9 Å². The molecule has 0 saturated heterocycles. The van der Waals surface area contributed by atoms with Crippen LogP contribution in [0.2, 0.25) is 0 Å². The summed E-state index contributed by atoms with van der Waals surface area (Å²) in [5.74, 6) is -1.05. The van der Waals surface area contributed by atoms with E-state index < -0.39 is 5.97 Å². The predicted octanol–water partition coefficient (Wildman–Crippen LogP) is 2.21. The maximum absolute atomic E-state index is 10.8. The smallest absolute Gasteiger partial charge is 0.354 e. The number of nitrogen functional groups attached to an aromatic ring is 1. The summed E-state index contributed by atoms with van der Waals surface area (Å²) < 4.78 is 0.878. The molecule has 4 N–H and O–H groups in total. The Bertz CT molecular complexity index is 519. The fourth-order valence-corrected chi connectivity index (χ4v) is 1.72. The van der Waals surface area contributed by atoms with Gasteiger partial charge in [-0.15, -0.1) is 0 Å². The zero-order valence-corrected chi connectivity index (χ0v) is 8.63. The summed E-state index contributed by atoms with van der Waals surface area (Å²) in [5, 5.41) is 9.54. The van der Waals surface area contributed by atoms with Crippen molar-refractivity contribution >= 4 is 38.5 Å². The van der Waals surface area contributed by atoms with Crippen molar-refractivity contribution in [1.29, 1.82) is 0 Å². The Balaban J connectivity index is 2.79. The number of aromatic nitrogens is 1. The normalized spacial score (nSPS) is 10.6. The van der Waals surface area contributed by atoms with E-state index in [0.717, 1.165) is 9.86 Å². The molecule has 0 spiro atoms. The first kappa shape index (κ1) is 9.08. The van der Waals surface area contributed by atoms with E-state index >= 15 is 0 Å². The predicted molar refractivity (Wildman–Crippen MR) is 57.4 cm³/mol. The van der Waals surface area contributed by atoms with E-state index in [4.69, 9.17) is 10.8 Å². The third kappa shape index (κ3) is 1.26. The number of carboxylic acids is 1. The second kappa shape index (κ2) is 3.02. The van der Waals surface area contributed by atoms with Gasteiger partial charge in [0, 0.05) is 15.4 Å². The number of aromatic carboxylic acids is 1. The third-order valence-electron chi connectivity index (χ3n) is 2.01. The van der Waals surface area contributed by atoms with Crippen LogP contribution in [0.15, 0.2) is 22.7 Å². The van der Waals surface area contributed by atoms with E-state index in [9.17, 15) is 4.79 Å². The number of rotatable bonds is 1. The van der Waals surface area contributed by atoms with Crippen LogP contribution in [0.1, 0.15) is 10.5 Å². The van der Waals surface area contributed by atoms with Gasteiger partial charge in [0.15, 0.2) is 0 Å². The van der Waals surface area contributed by atoms with Gasteiger partial charge in [-0.05, 0) is 18.2 Å². The van der Waals surface area contributed by atoms with Crippen LogP contribution in [0.3, 0.4) is 0 Å². The van der Waals surface area contributed by atoms with Crippen molar-refractivity contribution in [2.24, 2.45) is 0 Å². The maximum Gasteiger partial charge on any atom is 0.354 e. The number of nitrogens with two attached hydrogens (primary N) is 1. The Kier molecular flexibility index (Phi) is 1.96. The highest BCUT2D eigenvalue weighted by Crippen LogP contribution is 2.27. The van der Waals surface area contributed by atoms with E-state index in [1.54, 1.807) is 12.1 Å². The monoisotopic (exact) mass is 254 g/mol. The molecule has 0 fully saturated rings. The lowest BCUT2D eigenvalue weighted by molar-refractivity contribution is 0.0692. The maximum atomic E-state index is 10.8. The number of anilines is 1. The van der Waals surface area contributed by atoms with Gasteiger partial charge in [-0.2, -0.15) is 0 Å². The Morgan fingerprint density at radius 1 is 1.50 bits per heavy atom. The van der Waals surface area contributed by atoms with E-state index in [0.29, 0.717) is 5.52 Å². The van der Waals surface area contributed by atoms with Gasteiger partial charge in [0.25, 0.3) is 0 Å². The second-order valence-electron chi connectivity index (χ2n) is 2.91. The number of hydrogen-bond acceptors (Lipinski definition) is 2. The molecule has 72 valence electrons. The molecule has 0 bridgehead atoms. The molecule has 0 aliphatic carbocycles. The van der Waals surface area contributed by atoms with E-state index in [1.807, 2.05) is 6.07 Å². The standard InChI is InChI=1S/C9H7BrN2O2/c10-4-1-2-5-6(3-4)12-8(7(5)11)9(13)14/h1-3,12H,11H2,(H,13,14). The van der Waals surface area contributed by atoms with Gasteiger partial charge in [-0.3, -0.25) is 0 Å². The van der Waals surface area contributed by atoms with Crippen LogP contribution < -0.4 is 5.73 Å². The molecule has 0 amide bonds. The number of carboxylic acid groups (broad SMARTS) is 1. The first-order chi connectivity index (χ1) is 6.59. The summed E-state index contributed by atoms with van der Waals surface area (Å²) in [6.07, 6.45) is 0. The van der Waals surface area contributed by atoms with Crippen LogP contribution in [0.5, 0.6) is 0 Å². The lowest BCUT2D eigenvalue weighted by atomic mass is 10.2. The molecule has 1 aromatic carbocycles. The van der Waals surface area contributed by atoms with Gasteiger partial charge in [-0.25, -0.2) is 4.79 Å². The SMILES string of the molecule is Nc1c(C(=O)O)[nH]c2cc(Br)ccc12. The van der Waals surface area contributed by atoms with Crippen LogP contribution in [0, 0.1) is 0 Å². The van der Waals surface area contributed by atoms with Crippen molar-refractivity contribution in [2.75, 3.05) is 5.73 Å². The number of nitrogens with one attached hydrogen (secondary N) is 1. The van der Waals surface area contributed by atoms with Gasteiger partial charge in [0.05, 0.1) is 5.69 Å². The molecule has 0 aliphatic heterocycles. The van der Waals surface area contributed by atoms with Crippen molar-refractivity contribution in [1.82, 2.24) is 4.98 Å². The van der Waals surface area contributed by atoms with Crippen molar-refractivity contribution in [2.45, 2.75) is 0 Å². The van der Waals surface area contributed by atoms with Crippen molar-refractivity contribution in [3.8, 4) is 0 Å². The molecule has 2 rings (SSSR count). The van der Waals surface area contributed by atoms with E-state index in [2.05, 4.69) is 20.9 Å². The third-order valence-corrected chi connectivity index (χ3v) is 2.51. The number of fused-ring (bicyclic) bond motifs is 1. The van der Waals surface area contributed by atoms with E-state index in [1.165, 1.54) is 0 Å². The Labute approximate surface area is 87.9 Å². The van der Waals surface area contributed by atoms with Crippen LogP contribution in [-0.4, -0.2) is 16.1 Å². The quantitative estimate of drug-likeness (QED) is 0.730. The van der Waals surface area contributed by atoms with Crippen molar-refractivity contribution in [3.63, 3.8) is 0 Å². The molecule has 1 aromatic heterocycles. The minimum absolute atomic E-state index is 0.0399. The summed E-state index contributed by atoms with van der Waals surface area (Å²) in [6, 6.07) is 5.38. The Hall–Kier alpha value is -1.49. The van der Waals surface area contributed by atoms with Gasteiger partial charge in [0.1, 0.15) is 5.69 Å². The Morgan fingerprint density at radius 3 is 2.86 bits per heavy atom. The average Bonchev–Trinajstić information content (AvgIpc) is 2.43. The van der Waals surface area contributed by atoms with Crippen LogP contribution >= 0.6 is 15.9 Å². The lowest BCUT2D eigenvalue weighted by Gasteiger charge is -1.91. The second-order valence-corrected chi connectivity index (χ2v) is 3.82. The molecule has 0 saturated carbocycles. The van der Waals surface area contributed by atoms with Crippen molar-refractivity contribution < 1.29 is 9.90 Å². The van der Waals surface area contributed by atoms with Crippen LogP contribution in [0.4, 0.5) is 5.69 Å². The lowest BCUT2D eigenvalue weighted by Crippen LogP contribution is -2.00. The molecule has 2 aromatic rings. The molecule has 0 aliphatic rings. The summed E-state index contributed by atoms with van der Waals surface area (Å²) in [6.45, 7) is 0. The molecule has 14 heavy (non-hydrogen) atoms. The first-order valence-electron chi connectivity index (χ1n) is 3.89. The average molecular weight is 255 g/mol. The fourth-order valence-electron chi connectivity index (χ4n) is 1.36. The zero-order valence-electron chi connectivity index (χ0n) is 7.04. The number of carbonyl (C=O) groups is 1. The highest BCUT2D eigenvalue weighted by Gasteiger charge is 2.13. The highest BCUT2D eigenvalue weighted by molar-refractivity contribution is 9.10. The molecule has 1 heterocycles. The fraction of sp³-hybridized carbons (Fsp3) is 0. The summed E-state index contributed by atoms with van der Waals surface area (Å²) >= 11 is 3.30. The van der Waals surface area contributed by atoms with Gasteiger partial charge in [0.2, 0.25) is 0 Å². The van der Waals surface area contributed by atoms with Crippen molar-refractivity contribution in [3.05, 3.63) is 28.4 Å². The molecule has 5 heteroatoms. The highest BCUT2D eigenvalue weighted by atomic mass is 79.9. The molecule has 0 radical (unpaired) electrons. The molecule has 0 atom stereocenters. The minimum Gasteiger partial charge on any atom is -0.477 e.